The van der Waals surface area contributed by atoms with Gasteiger partial charge in [0.15, 0.2) is 11.6 Å². The predicted molar refractivity (Wildman–Crippen MR) is 353 cm³/mol. The van der Waals surface area contributed by atoms with Crippen LogP contribution in [0.2, 0.25) is 20.1 Å². The average Bonchev–Trinajstić information content (AvgIpc) is 1.77. The number of thiophene rings is 1. The van der Waals surface area contributed by atoms with Crippen LogP contribution in [0.15, 0.2) is 107 Å². The molecule has 5 heterocycles. The van der Waals surface area contributed by atoms with Gasteiger partial charge in [-0.25, -0.2) is 0 Å². The lowest BCUT2D eigenvalue weighted by molar-refractivity contribution is -0.136. The predicted octanol–water partition coefficient (Wildman–Crippen LogP) is 14.1. The van der Waals surface area contributed by atoms with Crippen molar-refractivity contribution in [1.82, 2.24) is 34.8 Å². The van der Waals surface area contributed by atoms with E-state index in [0.29, 0.717) is 101 Å². The first-order chi connectivity index (χ1) is 42.4. The van der Waals surface area contributed by atoms with Crippen molar-refractivity contribution in [2.24, 2.45) is 4.99 Å². The third-order valence-corrected chi connectivity index (χ3v) is 19.3. The van der Waals surface area contributed by atoms with E-state index in [1.165, 1.54) is 4.88 Å². The zero-order chi connectivity index (χ0) is 62.4. The van der Waals surface area contributed by atoms with E-state index in [2.05, 4.69) is 38.8 Å². The molecular weight excluding hydrogens is 1210 g/mol. The number of ketones is 3. The number of rotatable bonds is 26. The van der Waals surface area contributed by atoms with Gasteiger partial charge in [0, 0.05) is 121 Å². The molecule has 0 radical (unpaired) electrons. The molecule has 0 spiro atoms. The Labute approximate surface area is 540 Å². The van der Waals surface area contributed by atoms with Gasteiger partial charge in [-0.15, -0.1) is 21.5 Å². The number of hydrogen-bond acceptors (Lipinski definition) is 11. The van der Waals surface area contributed by atoms with Gasteiger partial charge in [-0.1, -0.05) is 133 Å². The lowest BCUT2D eigenvalue weighted by Crippen LogP contribution is -2.52. The maximum absolute atomic E-state index is 14.6. The van der Waals surface area contributed by atoms with E-state index in [-0.39, 0.29) is 67.4 Å². The van der Waals surface area contributed by atoms with Crippen LogP contribution < -0.4 is 5.32 Å². The second-order valence-electron chi connectivity index (χ2n) is 23.3. The van der Waals surface area contributed by atoms with E-state index in [9.17, 15) is 28.8 Å². The number of aryl methyl sites for hydroxylation is 3. The lowest BCUT2D eigenvalue weighted by atomic mass is 9.93. The van der Waals surface area contributed by atoms with Gasteiger partial charge in [-0.3, -0.25) is 43.2 Å². The number of piperazine rings is 1. The fourth-order valence-electron chi connectivity index (χ4n) is 11.6. The normalized spacial score (nSPS) is 16.5. The summed E-state index contributed by atoms with van der Waals surface area (Å²) >= 11 is 27.0. The minimum atomic E-state index is -0.878. The number of benzene rings is 4. The Morgan fingerprint density at radius 2 is 1.30 bits per heavy atom. The molecule has 3 amide bonds. The van der Waals surface area contributed by atoms with Crippen molar-refractivity contribution in [3.8, 4) is 5.00 Å². The first kappa shape index (κ1) is 65.8. The number of hydrogen-bond donors (Lipinski definition) is 1. The topological polar surface area (TPSA) is 167 Å². The second kappa shape index (κ2) is 31.2. The molecule has 2 saturated heterocycles. The summed E-state index contributed by atoms with van der Waals surface area (Å²) in [7, 11) is 0. The molecule has 0 saturated carbocycles. The Morgan fingerprint density at radius 3 is 1.98 bits per heavy atom. The fraction of sp³-hybridized carbons (Fsp3) is 0.406. The van der Waals surface area contributed by atoms with Crippen molar-refractivity contribution < 1.29 is 28.8 Å². The Bertz CT molecular complexity index is 3550. The average molecular weight is 1290 g/mol. The number of amides is 3. The quantitative estimate of drug-likeness (QED) is 0.0411. The van der Waals surface area contributed by atoms with E-state index in [1.54, 1.807) is 52.7 Å². The highest BCUT2D eigenvalue weighted by atomic mass is 35.5. The first-order valence-corrected chi connectivity index (χ1v) is 32.9. The van der Waals surface area contributed by atoms with E-state index < -0.39 is 12.1 Å². The zero-order valence-electron chi connectivity index (χ0n) is 50.5. The Kier molecular flexibility index (Phi) is 23.4. The maximum atomic E-state index is 14.6. The van der Waals surface area contributed by atoms with Gasteiger partial charge in [-0.05, 0) is 130 Å². The summed E-state index contributed by atoms with van der Waals surface area (Å²) in [6.45, 7) is 11.6. The van der Waals surface area contributed by atoms with Gasteiger partial charge in [0.2, 0.25) is 17.7 Å². The number of Topliss-reactive ketones (excluding diaryl/α,β-unsaturated/α-hetero) is 3. The number of likely N-dealkylation sites (tertiary alicyclic amines) is 1. The third-order valence-electron chi connectivity index (χ3n) is 16.7. The van der Waals surface area contributed by atoms with Crippen LogP contribution in [0, 0.1) is 27.7 Å². The van der Waals surface area contributed by atoms with Crippen molar-refractivity contribution in [3.63, 3.8) is 0 Å². The first-order valence-electron chi connectivity index (χ1n) is 30.6. The standard InChI is InChI=1S/C69H76Cl4N8O6S/c1-44-23-24-49(38-58(44)72)36-52-42-80(43-53(66(52)86)37-50-25-30-57(71)59(73)39-50)68(87)61(40-48-16-10-9-11-17-48)74-62(84)21-13-8-6-5-7-12-18-55(82)19-14-22-63(85)79-34-32-78(33-35-79)31-15-20-56(83)41-60-67-77-76-47(4)81(67)69-64(45(2)46(3)88-69)65(75-60)51-26-28-54(70)29-27-51/h9-11,16-17,23-30,36-39,60-61H,5-8,12-15,18-22,31-35,40-43H2,1-4H3,(H,74,84)/b52-36+,53-37+/t60-,61-/m0/s1. The molecule has 14 nitrogen and oxygen atoms in total. The molecule has 4 aromatic carbocycles. The SMILES string of the molecule is Cc1ccc(/C=C2\CN(C(=O)[C@H](Cc3ccccc3)NC(=O)CCCCCCCCC(=O)CCCC(=O)N3CCN(CCCC(=O)C[C@@H]4N=C(c5ccc(Cl)cc5)c5c(sc(C)c5C)-n5c(C)nnc54)CC3)C/C(=C\c3ccc(Cl)c(Cl)c3)C2=O)cc1Cl. The monoisotopic (exact) mass is 1280 g/mol. The van der Waals surface area contributed by atoms with Crippen LogP contribution in [0.4, 0.5) is 0 Å². The lowest BCUT2D eigenvalue weighted by Gasteiger charge is -2.34. The van der Waals surface area contributed by atoms with Gasteiger partial charge < -0.3 is 15.1 Å². The summed E-state index contributed by atoms with van der Waals surface area (Å²) in [6, 6.07) is 26.5. The number of nitrogens with zero attached hydrogens (tertiary/aromatic N) is 7. The summed E-state index contributed by atoms with van der Waals surface area (Å²) in [5.74, 6) is 1.06. The van der Waals surface area contributed by atoms with Crippen LogP contribution in [0.1, 0.15) is 151 Å². The van der Waals surface area contributed by atoms with E-state index >= 15 is 0 Å². The van der Waals surface area contributed by atoms with Crippen LogP contribution in [-0.4, -0.2) is 122 Å². The van der Waals surface area contributed by atoms with Crippen molar-refractivity contribution >= 4 is 111 Å². The van der Waals surface area contributed by atoms with Crippen molar-refractivity contribution in [3.05, 3.63) is 178 Å². The Balaban J connectivity index is 0.659. The molecule has 88 heavy (non-hydrogen) atoms. The summed E-state index contributed by atoms with van der Waals surface area (Å²) in [5.41, 5.74) is 7.91. The van der Waals surface area contributed by atoms with Gasteiger partial charge in [0.25, 0.3) is 0 Å². The second-order valence-corrected chi connectivity index (χ2v) is 26.2. The number of nitrogens with one attached hydrogen (secondary N) is 1. The molecule has 2 atom stereocenters. The number of carbonyl (C=O) groups excluding carboxylic acids is 6. The van der Waals surface area contributed by atoms with Crippen LogP contribution in [0.5, 0.6) is 0 Å². The van der Waals surface area contributed by atoms with E-state index in [4.69, 9.17) is 51.4 Å². The number of carbonyl (C=O) groups is 6. The molecular formula is C69H76Cl4N8O6S. The number of fused-ring (bicyclic) bond motifs is 3. The summed E-state index contributed by atoms with van der Waals surface area (Å²) in [4.78, 5) is 94.2. The van der Waals surface area contributed by atoms with Gasteiger partial charge in [0.05, 0.1) is 15.8 Å². The van der Waals surface area contributed by atoms with Crippen molar-refractivity contribution in [2.75, 3.05) is 45.8 Å². The fourth-order valence-corrected chi connectivity index (χ4v) is 13.5. The molecule has 462 valence electrons. The highest BCUT2D eigenvalue weighted by Gasteiger charge is 2.35. The van der Waals surface area contributed by atoms with E-state index in [1.807, 2.05) is 85.5 Å². The number of halogens is 4. The van der Waals surface area contributed by atoms with E-state index in [0.717, 1.165) is 102 Å². The summed E-state index contributed by atoms with van der Waals surface area (Å²) in [5, 5.41) is 15.0. The van der Waals surface area contributed by atoms with Gasteiger partial charge in [0.1, 0.15) is 34.5 Å². The molecule has 3 aliphatic rings. The summed E-state index contributed by atoms with van der Waals surface area (Å²) in [6.07, 6.45) is 12.1. The smallest absolute Gasteiger partial charge is 0.246 e. The molecule has 2 aromatic heterocycles. The number of aromatic nitrogens is 3. The minimum absolute atomic E-state index is 0.0306. The number of aliphatic imine (C=N–C) groups is 1. The number of unbranched alkanes of at least 4 members (excludes halogenated alkanes) is 5. The molecule has 6 aromatic rings. The van der Waals surface area contributed by atoms with Gasteiger partial charge >= 0.3 is 0 Å². The van der Waals surface area contributed by atoms with Crippen LogP contribution in [0.3, 0.4) is 0 Å². The Hall–Kier alpha value is -6.59. The third kappa shape index (κ3) is 17.4. The van der Waals surface area contributed by atoms with Crippen molar-refractivity contribution in [1.29, 1.82) is 0 Å². The largest absolute Gasteiger partial charge is 0.344 e. The molecule has 1 N–H and O–H groups in total. The molecule has 9 rings (SSSR count). The molecule has 0 unspecified atom stereocenters. The summed E-state index contributed by atoms with van der Waals surface area (Å²) < 4.78 is 2.07. The molecule has 0 aliphatic carbocycles. The van der Waals surface area contributed by atoms with Crippen molar-refractivity contribution in [2.45, 2.75) is 136 Å². The molecule has 2 fully saturated rings. The highest BCUT2D eigenvalue weighted by Crippen LogP contribution is 2.40. The van der Waals surface area contributed by atoms with Crippen LogP contribution in [-0.2, 0) is 35.2 Å². The minimum Gasteiger partial charge on any atom is -0.344 e. The number of piperidine rings is 1. The Morgan fingerprint density at radius 1 is 0.659 bits per heavy atom. The van der Waals surface area contributed by atoms with Crippen LogP contribution in [0.25, 0.3) is 17.2 Å². The molecule has 3 aliphatic heterocycles. The molecule has 0 bridgehead atoms. The van der Waals surface area contributed by atoms with Gasteiger partial charge in [-0.2, -0.15) is 0 Å². The zero-order valence-corrected chi connectivity index (χ0v) is 54.4. The molecule has 19 heteroatoms. The van der Waals surface area contributed by atoms with Crippen LogP contribution >= 0.6 is 57.7 Å². The highest BCUT2D eigenvalue weighted by molar-refractivity contribution is 7.15. The maximum Gasteiger partial charge on any atom is 0.246 e.